The number of rotatable bonds is 4. The summed E-state index contributed by atoms with van der Waals surface area (Å²) in [6.07, 6.45) is 3.35. The Bertz CT molecular complexity index is 406. The van der Waals surface area contributed by atoms with E-state index >= 15 is 0 Å². The van der Waals surface area contributed by atoms with Gasteiger partial charge in [-0.15, -0.1) is 0 Å². The van der Waals surface area contributed by atoms with E-state index in [-0.39, 0.29) is 11.0 Å². The Balaban J connectivity index is 2.01. The van der Waals surface area contributed by atoms with Crippen molar-refractivity contribution < 1.29 is 4.92 Å². The standard InChI is InChI=1S/C13H18N2O2/c1-10(15(16)17)9-14-13-8-4-6-11-5-2-3-7-12(11)13/h2-3,5,7,10,13-14H,4,6,8-9H2,1H3. The molecule has 1 aromatic rings. The highest BCUT2D eigenvalue weighted by atomic mass is 16.6. The molecule has 1 N–H and O–H groups in total. The molecule has 4 heteroatoms. The zero-order valence-electron chi connectivity index (χ0n) is 10.1. The van der Waals surface area contributed by atoms with Gasteiger partial charge in [0.2, 0.25) is 6.04 Å². The van der Waals surface area contributed by atoms with Crippen molar-refractivity contribution in [3.05, 3.63) is 45.5 Å². The van der Waals surface area contributed by atoms with Crippen LogP contribution in [0, 0.1) is 10.1 Å². The molecule has 0 heterocycles. The van der Waals surface area contributed by atoms with Crippen LogP contribution in [0.2, 0.25) is 0 Å². The topological polar surface area (TPSA) is 55.2 Å². The lowest BCUT2D eigenvalue weighted by Crippen LogP contribution is -2.34. The van der Waals surface area contributed by atoms with Crippen LogP contribution >= 0.6 is 0 Å². The normalized spacial score (nSPS) is 20.6. The molecule has 2 atom stereocenters. The lowest BCUT2D eigenvalue weighted by atomic mass is 9.88. The monoisotopic (exact) mass is 234 g/mol. The summed E-state index contributed by atoms with van der Waals surface area (Å²) >= 11 is 0. The third-order valence-electron chi connectivity index (χ3n) is 3.39. The van der Waals surface area contributed by atoms with Crippen LogP contribution in [0.25, 0.3) is 0 Å². The Kier molecular flexibility index (Phi) is 3.74. The molecule has 0 radical (unpaired) electrons. The molecule has 2 rings (SSSR count). The van der Waals surface area contributed by atoms with Crippen LogP contribution in [0.4, 0.5) is 0 Å². The highest BCUT2D eigenvalue weighted by molar-refractivity contribution is 5.32. The van der Waals surface area contributed by atoms with Gasteiger partial charge in [-0.05, 0) is 30.4 Å². The minimum Gasteiger partial charge on any atom is -0.304 e. The summed E-state index contributed by atoms with van der Waals surface area (Å²) in [6, 6.07) is 8.13. The quantitative estimate of drug-likeness (QED) is 0.642. The van der Waals surface area contributed by atoms with Crippen LogP contribution in [-0.4, -0.2) is 17.5 Å². The molecule has 0 spiro atoms. The Morgan fingerprint density at radius 3 is 3.06 bits per heavy atom. The number of nitrogens with one attached hydrogen (secondary N) is 1. The number of nitro groups is 1. The van der Waals surface area contributed by atoms with Crippen molar-refractivity contribution in [3.8, 4) is 0 Å². The van der Waals surface area contributed by atoms with Crippen molar-refractivity contribution in [2.24, 2.45) is 0 Å². The maximum Gasteiger partial charge on any atom is 0.222 e. The number of hydrogen-bond acceptors (Lipinski definition) is 3. The first-order chi connectivity index (χ1) is 8.18. The molecule has 0 saturated carbocycles. The van der Waals surface area contributed by atoms with Crippen LogP contribution in [-0.2, 0) is 6.42 Å². The molecule has 0 aliphatic heterocycles. The SMILES string of the molecule is CC(CNC1CCCc2ccccc21)[N+](=O)[O-]. The van der Waals surface area contributed by atoms with Crippen LogP contribution in [0.15, 0.2) is 24.3 Å². The average Bonchev–Trinajstić information content (AvgIpc) is 2.35. The number of hydrogen-bond donors (Lipinski definition) is 1. The maximum atomic E-state index is 10.6. The van der Waals surface area contributed by atoms with E-state index in [1.165, 1.54) is 11.1 Å². The fraction of sp³-hybridized carbons (Fsp3) is 0.538. The smallest absolute Gasteiger partial charge is 0.222 e. The van der Waals surface area contributed by atoms with E-state index in [0.29, 0.717) is 6.54 Å². The minimum atomic E-state index is -0.524. The molecule has 4 nitrogen and oxygen atoms in total. The minimum absolute atomic E-state index is 0.234. The first-order valence-corrected chi connectivity index (χ1v) is 6.13. The Hall–Kier alpha value is -1.42. The first-order valence-electron chi connectivity index (χ1n) is 6.13. The number of nitrogens with zero attached hydrogens (tertiary/aromatic N) is 1. The van der Waals surface area contributed by atoms with Gasteiger partial charge in [-0.2, -0.15) is 0 Å². The number of fused-ring (bicyclic) bond motifs is 1. The predicted octanol–water partition coefficient (Wildman–Crippen LogP) is 2.32. The second kappa shape index (κ2) is 5.27. The van der Waals surface area contributed by atoms with Gasteiger partial charge in [-0.25, -0.2) is 0 Å². The molecule has 2 unspecified atom stereocenters. The lowest BCUT2D eigenvalue weighted by Gasteiger charge is -2.26. The molecule has 0 aromatic heterocycles. The van der Waals surface area contributed by atoms with Crippen LogP contribution in [0.1, 0.15) is 36.9 Å². The van der Waals surface area contributed by atoms with Gasteiger partial charge in [0.05, 0.1) is 6.54 Å². The van der Waals surface area contributed by atoms with Gasteiger partial charge < -0.3 is 5.32 Å². The first kappa shape index (κ1) is 12.0. The zero-order valence-corrected chi connectivity index (χ0v) is 10.1. The predicted molar refractivity (Wildman–Crippen MR) is 66.6 cm³/mol. The third kappa shape index (κ3) is 2.82. The summed E-state index contributed by atoms with van der Waals surface area (Å²) in [4.78, 5) is 10.3. The van der Waals surface area contributed by atoms with Gasteiger partial charge in [-0.3, -0.25) is 10.1 Å². The van der Waals surface area contributed by atoms with E-state index < -0.39 is 6.04 Å². The van der Waals surface area contributed by atoms with Crippen LogP contribution in [0.3, 0.4) is 0 Å². The molecule has 1 aliphatic rings. The fourth-order valence-electron chi connectivity index (χ4n) is 2.35. The molecule has 0 amide bonds. The van der Waals surface area contributed by atoms with Crippen molar-refractivity contribution in [1.82, 2.24) is 5.32 Å². The van der Waals surface area contributed by atoms with Gasteiger partial charge in [0.1, 0.15) is 0 Å². The molecule has 0 bridgehead atoms. The second-order valence-electron chi connectivity index (χ2n) is 4.69. The van der Waals surface area contributed by atoms with E-state index in [9.17, 15) is 10.1 Å². The maximum absolute atomic E-state index is 10.6. The summed E-state index contributed by atoms with van der Waals surface area (Å²) in [7, 11) is 0. The van der Waals surface area contributed by atoms with Crippen molar-refractivity contribution in [2.75, 3.05) is 6.54 Å². The second-order valence-corrected chi connectivity index (χ2v) is 4.69. The van der Waals surface area contributed by atoms with Crippen molar-refractivity contribution >= 4 is 0 Å². The van der Waals surface area contributed by atoms with Crippen LogP contribution < -0.4 is 5.32 Å². The van der Waals surface area contributed by atoms with E-state index in [0.717, 1.165) is 19.3 Å². The van der Waals surface area contributed by atoms with Gasteiger partial charge >= 0.3 is 0 Å². The van der Waals surface area contributed by atoms with E-state index in [1.54, 1.807) is 6.92 Å². The van der Waals surface area contributed by atoms with Gasteiger partial charge in [0.25, 0.3) is 0 Å². The highest BCUT2D eigenvalue weighted by Gasteiger charge is 2.21. The van der Waals surface area contributed by atoms with Gasteiger partial charge in [0.15, 0.2) is 0 Å². The fourth-order valence-corrected chi connectivity index (χ4v) is 2.35. The summed E-state index contributed by atoms with van der Waals surface area (Å²) in [5, 5.41) is 13.9. The number of aryl methyl sites for hydroxylation is 1. The molecule has 1 aromatic carbocycles. The molecule has 1 aliphatic carbocycles. The molecule has 17 heavy (non-hydrogen) atoms. The van der Waals surface area contributed by atoms with Crippen molar-refractivity contribution in [2.45, 2.75) is 38.3 Å². The summed E-state index contributed by atoms with van der Waals surface area (Å²) < 4.78 is 0. The number of benzene rings is 1. The molecule has 0 saturated heterocycles. The third-order valence-corrected chi connectivity index (χ3v) is 3.39. The van der Waals surface area contributed by atoms with Crippen molar-refractivity contribution in [1.29, 1.82) is 0 Å². The summed E-state index contributed by atoms with van der Waals surface area (Å²) in [5.41, 5.74) is 2.69. The van der Waals surface area contributed by atoms with Crippen LogP contribution in [0.5, 0.6) is 0 Å². The Morgan fingerprint density at radius 1 is 1.53 bits per heavy atom. The van der Waals surface area contributed by atoms with E-state index in [2.05, 4.69) is 23.5 Å². The van der Waals surface area contributed by atoms with Gasteiger partial charge in [-0.1, -0.05) is 24.3 Å². The summed E-state index contributed by atoms with van der Waals surface area (Å²) in [5.74, 6) is 0. The van der Waals surface area contributed by atoms with Crippen molar-refractivity contribution in [3.63, 3.8) is 0 Å². The van der Waals surface area contributed by atoms with Gasteiger partial charge in [0, 0.05) is 17.9 Å². The largest absolute Gasteiger partial charge is 0.304 e. The molecular weight excluding hydrogens is 216 g/mol. The van der Waals surface area contributed by atoms with E-state index in [1.807, 2.05) is 6.07 Å². The molecule has 92 valence electrons. The summed E-state index contributed by atoms with van der Waals surface area (Å²) in [6.45, 7) is 2.08. The molecular formula is C13H18N2O2. The highest BCUT2D eigenvalue weighted by Crippen LogP contribution is 2.29. The molecule has 0 fully saturated rings. The zero-order chi connectivity index (χ0) is 12.3. The Labute approximate surface area is 101 Å². The van der Waals surface area contributed by atoms with E-state index in [4.69, 9.17) is 0 Å². The lowest BCUT2D eigenvalue weighted by molar-refractivity contribution is -0.516. The average molecular weight is 234 g/mol. The Morgan fingerprint density at radius 2 is 2.29 bits per heavy atom.